The minimum atomic E-state index is -1.12. The van der Waals surface area contributed by atoms with Gasteiger partial charge in [0.15, 0.2) is 0 Å². The lowest BCUT2D eigenvalue weighted by atomic mass is 9.98. The van der Waals surface area contributed by atoms with Gasteiger partial charge in [-0.25, -0.2) is 4.79 Å². The van der Waals surface area contributed by atoms with Gasteiger partial charge in [-0.1, -0.05) is 97.1 Å². The van der Waals surface area contributed by atoms with Gasteiger partial charge in [-0.3, -0.25) is 9.59 Å². The number of anilines is 1. The van der Waals surface area contributed by atoms with Crippen LogP contribution in [0.4, 0.5) is 10.5 Å². The number of carboxylic acid groups (broad SMARTS) is 1. The number of carboxylic acids is 1. The summed E-state index contributed by atoms with van der Waals surface area (Å²) in [4.78, 5) is 38.0. The van der Waals surface area contributed by atoms with Crippen molar-refractivity contribution < 1.29 is 29.0 Å². The molecule has 0 radical (unpaired) electrons. The number of carbonyl (C=O) groups is 3. The van der Waals surface area contributed by atoms with Crippen LogP contribution in [0, 0.1) is 0 Å². The number of alkyl carbamates (subject to hydrolysis) is 1. The smallest absolute Gasteiger partial charge is 0.407 e. The monoisotopic (exact) mass is 564 g/mol. The molecule has 0 saturated heterocycles. The number of ether oxygens (including phenoxy) is 2. The van der Waals surface area contributed by atoms with E-state index < -0.39 is 30.1 Å². The molecule has 2 atom stereocenters. The van der Waals surface area contributed by atoms with E-state index in [1.54, 1.807) is 31.2 Å². The zero-order valence-electron chi connectivity index (χ0n) is 23.2. The van der Waals surface area contributed by atoms with Crippen LogP contribution in [0.5, 0.6) is 0 Å². The van der Waals surface area contributed by atoms with E-state index in [1.807, 2.05) is 66.7 Å². The predicted molar refractivity (Wildman–Crippen MR) is 159 cm³/mol. The van der Waals surface area contributed by atoms with Crippen LogP contribution in [0.2, 0.25) is 0 Å². The van der Waals surface area contributed by atoms with E-state index in [-0.39, 0.29) is 25.6 Å². The van der Waals surface area contributed by atoms with E-state index in [4.69, 9.17) is 9.47 Å². The zero-order valence-corrected chi connectivity index (χ0v) is 23.2. The first-order valence-corrected chi connectivity index (χ1v) is 13.8. The first-order valence-electron chi connectivity index (χ1n) is 13.8. The summed E-state index contributed by atoms with van der Waals surface area (Å²) in [5, 5.41) is 14.7. The number of benzene rings is 4. The molecule has 0 fully saturated rings. The molecule has 0 heterocycles. The van der Waals surface area contributed by atoms with E-state index in [2.05, 4.69) is 22.8 Å². The Balaban J connectivity index is 1.30. The molecule has 1 aliphatic rings. The van der Waals surface area contributed by atoms with Crippen LogP contribution in [0.1, 0.15) is 35.1 Å². The summed E-state index contributed by atoms with van der Waals surface area (Å²) in [6.45, 7) is 2.02. The molecule has 0 bridgehead atoms. The summed E-state index contributed by atoms with van der Waals surface area (Å²) in [7, 11) is 0. The van der Waals surface area contributed by atoms with E-state index in [9.17, 15) is 19.5 Å². The van der Waals surface area contributed by atoms with Crippen molar-refractivity contribution in [1.29, 1.82) is 0 Å². The standard InChI is InChI=1S/C34H32N2O6/c1-22(41-20-23-11-3-2-4-12-23)32(33(39)35-30-18-10-5-13-24(30)19-31(37)38)36-34(40)42-21-29-27-16-8-6-14-25(27)26-15-7-9-17-28(26)29/h2-18,22,29,32H,19-21H2,1H3,(H,35,39)(H,36,40)(H,37,38)/t22-,32+/m0/s1. The molecule has 8 nitrogen and oxygen atoms in total. The summed E-state index contributed by atoms with van der Waals surface area (Å²) >= 11 is 0. The van der Waals surface area contributed by atoms with Gasteiger partial charge in [-0.15, -0.1) is 0 Å². The molecule has 0 spiro atoms. The van der Waals surface area contributed by atoms with Crippen LogP contribution in [0.15, 0.2) is 103 Å². The molecule has 5 rings (SSSR count). The van der Waals surface area contributed by atoms with Crippen LogP contribution < -0.4 is 10.6 Å². The highest BCUT2D eigenvalue weighted by Crippen LogP contribution is 2.44. The molecule has 3 N–H and O–H groups in total. The van der Waals surface area contributed by atoms with Crippen LogP contribution in [-0.4, -0.2) is 41.8 Å². The zero-order chi connectivity index (χ0) is 29.5. The summed E-state index contributed by atoms with van der Waals surface area (Å²) in [6.07, 6.45) is -1.76. The second kappa shape index (κ2) is 13.1. The Hall–Kier alpha value is -4.95. The van der Waals surface area contributed by atoms with Crippen molar-refractivity contribution in [2.45, 2.75) is 38.0 Å². The van der Waals surface area contributed by atoms with Crippen molar-refractivity contribution in [3.8, 4) is 11.1 Å². The minimum absolute atomic E-state index is 0.0922. The molecule has 8 heteroatoms. The fourth-order valence-electron chi connectivity index (χ4n) is 5.23. The van der Waals surface area contributed by atoms with Crippen LogP contribution in [0.3, 0.4) is 0 Å². The molecule has 0 aromatic heterocycles. The summed E-state index contributed by atoms with van der Waals surface area (Å²) in [5.74, 6) is -1.71. The van der Waals surface area contributed by atoms with E-state index >= 15 is 0 Å². The van der Waals surface area contributed by atoms with Crippen molar-refractivity contribution in [3.05, 3.63) is 125 Å². The second-order valence-electron chi connectivity index (χ2n) is 10.2. The number of fused-ring (bicyclic) bond motifs is 3. The summed E-state index contributed by atoms with van der Waals surface area (Å²) in [6, 6.07) is 31.1. The fraction of sp³-hybridized carbons (Fsp3) is 0.206. The maximum atomic E-state index is 13.5. The Labute approximate surface area is 244 Å². The van der Waals surface area contributed by atoms with E-state index in [0.29, 0.717) is 11.3 Å². The van der Waals surface area contributed by atoms with Gasteiger partial charge < -0.3 is 25.2 Å². The van der Waals surface area contributed by atoms with E-state index in [0.717, 1.165) is 27.8 Å². The highest BCUT2D eigenvalue weighted by atomic mass is 16.5. The van der Waals surface area contributed by atoms with Gasteiger partial charge >= 0.3 is 12.1 Å². The van der Waals surface area contributed by atoms with Crippen LogP contribution >= 0.6 is 0 Å². The topological polar surface area (TPSA) is 114 Å². The number of para-hydroxylation sites is 1. The normalized spacial score (nSPS) is 13.4. The Kier molecular flexibility index (Phi) is 8.94. The number of carbonyl (C=O) groups excluding carboxylic acids is 2. The van der Waals surface area contributed by atoms with Gasteiger partial charge in [-0.2, -0.15) is 0 Å². The lowest BCUT2D eigenvalue weighted by Gasteiger charge is -2.25. The third-order valence-electron chi connectivity index (χ3n) is 7.34. The maximum absolute atomic E-state index is 13.5. The molecule has 2 amide bonds. The van der Waals surface area contributed by atoms with Gasteiger partial charge in [-0.05, 0) is 46.4 Å². The van der Waals surface area contributed by atoms with Crippen molar-refractivity contribution in [2.75, 3.05) is 11.9 Å². The lowest BCUT2D eigenvalue weighted by molar-refractivity contribution is -0.136. The van der Waals surface area contributed by atoms with Crippen molar-refractivity contribution >= 4 is 23.7 Å². The highest BCUT2D eigenvalue weighted by molar-refractivity contribution is 5.98. The minimum Gasteiger partial charge on any atom is -0.481 e. The van der Waals surface area contributed by atoms with Gasteiger partial charge in [0.1, 0.15) is 12.6 Å². The molecule has 214 valence electrons. The largest absolute Gasteiger partial charge is 0.481 e. The highest BCUT2D eigenvalue weighted by Gasteiger charge is 2.32. The Morgan fingerprint density at radius 3 is 2.07 bits per heavy atom. The first kappa shape index (κ1) is 28.6. The van der Waals surface area contributed by atoms with Gasteiger partial charge in [0.05, 0.1) is 19.1 Å². The SMILES string of the molecule is C[C@H](OCc1ccccc1)[C@@H](NC(=O)OCC1c2ccccc2-c2ccccc21)C(=O)Nc1ccccc1CC(=O)O. The molecular formula is C34H32N2O6. The lowest BCUT2D eigenvalue weighted by Crippen LogP contribution is -2.51. The quantitative estimate of drug-likeness (QED) is 0.213. The Bertz CT molecular complexity index is 1530. The number of hydrogen-bond acceptors (Lipinski definition) is 5. The summed E-state index contributed by atoms with van der Waals surface area (Å²) < 4.78 is 11.7. The predicted octanol–water partition coefficient (Wildman–Crippen LogP) is 5.76. The molecular weight excluding hydrogens is 532 g/mol. The van der Waals surface area contributed by atoms with Crippen molar-refractivity contribution in [1.82, 2.24) is 5.32 Å². The molecule has 1 aliphatic carbocycles. The average molecular weight is 565 g/mol. The molecule has 0 unspecified atom stereocenters. The van der Waals surface area contributed by atoms with Crippen LogP contribution in [0.25, 0.3) is 11.1 Å². The second-order valence-corrected chi connectivity index (χ2v) is 10.2. The first-order chi connectivity index (χ1) is 20.4. The fourth-order valence-corrected chi connectivity index (χ4v) is 5.23. The van der Waals surface area contributed by atoms with Gasteiger partial charge in [0, 0.05) is 11.6 Å². The number of aliphatic carboxylic acids is 1. The number of rotatable bonds is 11. The Morgan fingerprint density at radius 2 is 1.40 bits per heavy atom. The van der Waals surface area contributed by atoms with Crippen molar-refractivity contribution in [2.24, 2.45) is 0 Å². The van der Waals surface area contributed by atoms with Gasteiger partial charge in [0.2, 0.25) is 5.91 Å². The maximum Gasteiger partial charge on any atom is 0.407 e. The number of hydrogen-bond donors (Lipinski definition) is 3. The summed E-state index contributed by atoms with van der Waals surface area (Å²) in [5.41, 5.74) is 6.09. The molecule has 42 heavy (non-hydrogen) atoms. The number of amides is 2. The Morgan fingerprint density at radius 1 is 0.810 bits per heavy atom. The van der Waals surface area contributed by atoms with Gasteiger partial charge in [0.25, 0.3) is 0 Å². The molecule has 4 aromatic carbocycles. The third kappa shape index (κ3) is 6.67. The van der Waals surface area contributed by atoms with Crippen molar-refractivity contribution in [3.63, 3.8) is 0 Å². The number of nitrogens with one attached hydrogen (secondary N) is 2. The average Bonchev–Trinajstić information content (AvgIpc) is 3.32. The van der Waals surface area contributed by atoms with Crippen LogP contribution in [-0.2, 0) is 32.1 Å². The van der Waals surface area contributed by atoms with E-state index in [1.165, 1.54) is 0 Å². The molecule has 4 aromatic rings. The molecule has 0 aliphatic heterocycles. The third-order valence-corrected chi connectivity index (χ3v) is 7.34. The molecule has 0 saturated carbocycles.